The lowest BCUT2D eigenvalue weighted by Crippen LogP contribution is -2.30. The predicted octanol–water partition coefficient (Wildman–Crippen LogP) is 8.99. The molecule has 4 amide bonds. The highest BCUT2D eigenvalue weighted by Crippen LogP contribution is 2.14. The van der Waals surface area contributed by atoms with Gasteiger partial charge in [0.15, 0.2) is 0 Å². The van der Waals surface area contributed by atoms with Gasteiger partial charge in [-0.15, -0.1) is 0 Å². The summed E-state index contributed by atoms with van der Waals surface area (Å²) in [5, 5.41) is 11.5. The molecule has 0 unspecified atom stereocenters. The monoisotopic (exact) mass is 502 g/mol. The molecule has 4 N–H and O–H groups in total. The Kier molecular flexibility index (Phi) is 20.5. The Morgan fingerprint density at radius 2 is 0.750 bits per heavy atom. The number of carbonyl (C=O) groups excluding carboxylic acids is 2. The number of amides is 4. The number of unbranched alkanes of at least 4 members (excludes halogenated alkanes) is 16. The quantitative estimate of drug-likeness (QED) is 0.119. The second-order valence-electron chi connectivity index (χ2n) is 10.00. The van der Waals surface area contributed by atoms with Crippen LogP contribution in [0, 0.1) is 0 Å². The molecule has 0 radical (unpaired) electrons. The van der Waals surface area contributed by atoms with E-state index in [1.165, 1.54) is 89.9 Å². The number of anilines is 2. The third kappa shape index (κ3) is 19.0. The molecule has 1 rings (SSSR count). The van der Waals surface area contributed by atoms with Crippen LogP contribution in [-0.4, -0.2) is 25.2 Å². The molecule has 0 aliphatic rings. The third-order valence-electron chi connectivity index (χ3n) is 6.53. The maximum absolute atomic E-state index is 12.1. The summed E-state index contributed by atoms with van der Waals surface area (Å²) >= 11 is 0. The standard InChI is InChI=1S/C30H54N4O2/c1-3-5-7-9-11-13-15-17-19-25-31-29(35)33-27-21-23-28(24-22-27)34-30(36)32-26-20-18-16-14-12-10-8-6-4-2/h21-24H,3-20,25-26H2,1-2H3,(H2,31,33,35)(H2,32,34,36). The average molecular weight is 503 g/mol. The molecule has 1 aromatic rings. The van der Waals surface area contributed by atoms with E-state index in [2.05, 4.69) is 35.1 Å². The van der Waals surface area contributed by atoms with Crippen molar-refractivity contribution in [2.24, 2.45) is 0 Å². The van der Waals surface area contributed by atoms with Crippen molar-refractivity contribution in [1.29, 1.82) is 0 Å². The van der Waals surface area contributed by atoms with Crippen LogP contribution in [0.1, 0.15) is 129 Å². The van der Waals surface area contributed by atoms with Crippen LogP contribution in [0.3, 0.4) is 0 Å². The van der Waals surface area contributed by atoms with Gasteiger partial charge >= 0.3 is 12.1 Å². The number of rotatable bonds is 22. The lowest BCUT2D eigenvalue weighted by Gasteiger charge is -2.10. The molecule has 0 aromatic heterocycles. The Labute approximate surface area is 221 Å². The Morgan fingerprint density at radius 3 is 1.06 bits per heavy atom. The molecule has 6 nitrogen and oxygen atoms in total. The van der Waals surface area contributed by atoms with Gasteiger partial charge in [-0.2, -0.15) is 0 Å². The normalized spacial score (nSPS) is 10.7. The Bertz CT molecular complexity index is 606. The van der Waals surface area contributed by atoms with E-state index in [4.69, 9.17) is 0 Å². The molecule has 0 fully saturated rings. The Morgan fingerprint density at radius 1 is 0.472 bits per heavy atom. The molecule has 0 spiro atoms. The molecule has 36 heavy (non-hydrogen) atoms. The van der Waals surface area contributed by atoms with Gasteiger partial charge < -0.3 is 21.3 Å². The van der Waals surface area contributed by atoms with Crippen LogP contribution >= 0.6 is 0 Å². The van der Waals surface area contributed by atoms with E-state index >= 15 is 0 Å². The second kappa shape index (κ2) is 23.2. The van der Waals surface area contributed by atoms with Gasteiger partial charge in [0.25, 0.3) is 0 Å². The number of benzene rings is 1. The van der Waals surface area contributed by atoms with Crippen molar-refractivity contribution in [3.05, 3.63) is 24.3 Å². The van der Waals surface area contributed by atoms with E-state index in [0.29, 0.717) is 24.5 Å². The van der Waals surface area contributed by atoms with Gasteiger partial charge in [0, 0.05) is 24.5 Å². The van der Waals surface area contributed by atoms with E-state index in [9.17, 15) is 9.59 Å². The van der Waals surface area contributed by atoms with Crippen molar-refractivity contribution in [3.63, 3.8) is 0 Å². The Balaban J connectivity index is 2.03. The molecular weight excluding hydrogens is 448 g/mol. The smallest absolute Gasteiger partial charge is 0.319 e. The van der Waals surface area contributed by atoms with E-state index in [-0.39, 0.29) is 12.1 Å². The van der Waals surface area contributed by atoms with Crippen LogP contribution in [-0.2, 0) is 0 Å². The van der Waals surface area contributed by atoms with E-state index in [1.54, 1.807) is 24.3 Å². The topological polar surface area (TPSA) is 82.3 Å². The molecular formula is C30H54N4O2. The minimum absolute atomic E-state index is 0.186. The zero-order valence-corrected chi connectivity index (χ0v) is 23.3. The first-order valence-corrected chi connectivity index (χ1v) is 14.9. The molecule has 1 aromatic carbocycles. The van der Waals surface area contributed by atoms with Gasteiger partial charge in [0.1, 0.15) is 0 Å². The summed E-state index contributed by atoms with van der Waals surface area (Å²) in [4.78, 5) is 24.2. The molecule has 0 aliphatic heterocycles. The lowest BCUT2D eigenvalue weighted by atomic mass is 10.1. The summed E-state index contributed by atoms with van der Waals surface area (Å²) in [7, 11) is 0. The highest BCUT2D eigenvalue weighted by molar-refractivity contribution is 5.91. The van der Waals surface area contributed by atoms with Crippen LogP contribution in [0.15, 0.2) is 24.3 Å². The summed E-state index contributed by atoms with van der Waals surface area (Å²) in [6.07, 6.45) is 22.8. The van der Waals surface area contributed by atoms with Crippen LogP contribution < -0.4 is 21.3 Å². The third-order valence-corrected chi connectivity index (χ3v) is 6.53. The molecule has 0 bridgehead atoms. The fourth-order valence-corrected chi connectivity index (χ4v) is 4.26. The predicted molar refractivity (Wildman–Crippen MR) is 155 cm³/mol. The minimum Gasteiger partial charge on any atom is -0.338 e. The molecule has 0 aliphatic carbocycles. The van der Waals surface area contributed by atoms with Crippen LogP contribution in [0.25, 0.3) is 0 Å². The van der Waals surface area contributed by atoms with Crippen LogP contribution in [0.2, 0.25) is 0 Å². The van der Waals surface area contributed by atoms with Crippen molar-refractivity contribution >= 4 is 23.4 Å². The fourth-order valence-electron chi connectivity index (χ4n) is 4.26. The number of urea groups is 2. The zero-order chi connectivity index (χ0) is 26.1. The van der Waals surface area contributed by atoms with Crippen molar-refractivity contribution in [1.82, 2.24) is 10.6 Å². The maximum Gasteiger partial charge on any atom is 0.319 e. The van der Waals surface area contributed by atoms with Gasteiger partial charge in [-0.3, -0.25) is 0 Å². The molecule has 0 atom stereocenters. The molecule has 0 heterocycles. The second-order valence-corrected chi connectivity index (χ2v) is 10.00. The minimum atomic E-state index is -0.186. The summed E-state index contributed by atoms with van der Waals surface area (Å²) < 4.78 is 0. The van der Waals surface area contributed by atoms with Gasteiger partial charge in [0.05, 0.1) is 0 Å². The van der Waals surface area contributed by atoms with Gasteiger partial charge in [-0.05, 0) is 37.1 Å². The van der Waals surface area contributed by atoms with Crippen LogP contribution in [0.4, 0.5) is 21.0 Å². The number of hydrogen-bond acceptors (Lipinski definition) is 2. The molecule has 206 valence electrons. The van der Waals surface area contributed by atoms with Crippen LogP contribution in [0.5, 0.6) is 0 Å². The summed E-state index contributed by atoms with van der Waals surface area (Å²) in [6, 6.07) is 6.83. The zero-order valence-electron chi connectivity index (χ0n) is 23.3. The largest absolute Gasteiger partial charge is 0.338 e. The number of hydrogen-bond donors (Lipinski definition) is 4. The summed E-state index contributed by atoms with van der Waals surface area (Å²) in [5.41, 5.74) is 1.42. The highest BCUT2D eigenvalue weighted by Gasteiger charge is 2.04. The van der Waals surface area contributed by atoms with Crippen molar-refractivity contribution < 1.29 is 9.59 Å². The SMILES string of the molecule is CCCCCCCCCCCNC(=O)Nc1ccc(NC(=O)NCCCCCCCCCCC)cc1. The fraction of sp³-hybridized carbons (Fsp3) is 0.733. The average Bonchev–Trinajstić information content (AvgIpc) is 2.87. The van der Waals surface area contributed by atoms with Gasteiger partial charge in [-0.25, -0.2) is 9.59 Å². The summed E-state index contributed by atoms with van der Waals surface area (Å²) in [5.74, 6) is 0. The van der Waals surface area contributed by atoms with Gasteiger partial charge in [0.2, 0.25) is 0 Å². The van der Waals surface area contributed by atoms with Crippen molar-refractivity contribution in [3.8, 4) is 0 Å². The maximum atomic E-state index is 12.1. The van der Waals surface area contributed by atoms with Crippen molar-refractivity contribution in [2.75, 3.05) is 23.7 Å². The molecule has 6 heteroatoms. The molecule has 0 saturated carbocycles. The first-order chi connectivity index (χ1) is 17.7. The first kappa shape index (κ1) is 31.8. The van der Waals surface area contributed by atoms with E-state index in [1.807, 2.05) is 0 Å². The number of nitrogens with one attached hydrogen (secondary N) is 4. The van der Waals surface area contributed by atoms with Crippen molar-refractivity contribution in [2.45, 2.75) is 129 Å². The highest BCUT2D eigenvalue weighted by atomic mass is 16.2. The molecule has 0 saturated heterocycles. The first-order valence-electron chi connectivity index (χ1n) is 14.9. The van der Waals surface area contributed by atoms with E-state index in [0.717, 1.165) is 25.7 Å². The lowest BCUT2D eigenvalue weighted by molar-refractivity contribution is 0.251. The van der Waals surface area contributed by atoms with Gasteiger partial charge in [-0.1, -0.05) is 117 Å². The van der Waals surface area contributed by atoms with E-state index < -0.39 is 0 Å². The number of carbonyl (C=O) groups is 2. The Hall–Kier alpha value is -2.24. The summed E-state index contributed by atoms with van der Waals surface area (Å²) in [6.45, 7) is 5.88.